The number of hydrogen-bond acceptors (Lipinski definition) is 4. The molecule has 0 unspecified atom stereocenters. The van der Waals surface area contributed by atoms with E-state index in [0.29, 0.717) is 5.75 Å². The first-order chi connectivity index (χ1) is 8.12. The molecule has 0 saturated carbocycles. The summed E-state index contributed by atoms with van der Waals surface area (Å²) in [4.78, 5) is 11.3. The number of ether oxygens (including phenoxy) is 2. The summed E-state index contributed by atoms with van der Waals surface area (Å²) in [5.41, 5.74) is 5.50. The number of amides is 1. The van der Waals surface area contributed by atoms with E-state index in [2.05, 4.69) is 5.32 Å². The van der Waals surface area contributed by atoms with Crippen molar-refractivity contribution in [3.8, 4) is 11.5 Å². The van der Waals surface area contributed by atoms with E-state index in [-0.39, 0.29) is 42.7 Å². The maximum absolute atomic E-state index is 13.4. The zero-order valence-corrected chi connectivity index (χ0v) is 11.0. The second-order valence-corrected chi connectivity index (χ2v) is 3.27. The van der Waals surface area contributed by atoms with Gasteiger partial charge in [-0.1, -0.05) is 0 Å². The molecule has 0 fully saturated rings. The van der Waals surface area contributed by atoms with Crippen molar-refractivity contribution in [3.63, 3.8) is 0 Å². The van der Waals surface area contributed by atoms with Crippen molar-refractivity contribution >= 4 is 24.0 Å². The summed E-state index contributed by atoms with van der Waals surface area (Å²) in [6, 6.07) is 2.51. The van der Waals surface area contributed by atoms with Crippen molar-refractivity contribution in [2.45, 2.75) is 6.42 Å². The van der Waals surface area contributed by atoms with E-state index in [4.69, 9.17) is 15.2 Å². The Bertz CT molecular complexity index is 416. The highest BCUT2D eigenvalue weighted by atomic mass is 35.5. The van der Waals surface area contributed by atoms with Crippen molar-refractivity contribution in [3.05, 3.63) is 17.9 Å². The molecule has 3 N–H and O–H groups in total. The quantitative estimate of drug-likeness (QED) is 0.857. The van der Waals surface area contributed by atoms with E-state index in [1.54, 1.807) is 0 Å². The van der Waals surface area contributed by atoms with Crippen LogP contribution in [0.1, 0.15) is 6.42 Å². The maximum Gasteiger partial charge on any atom is 0.225 e. The van der Waals surface area contributed by atoms with Gasteiger partial charge < -0.3 is 20.5 Å². The van der Waals surface area contributed by atoms with Crippen LogP contribution in [0.5, 0.6) is 11.5 Å². The predicted molar refractivity (Wildman–Crippen MR) is 69.1 cm³/mol. The second kappa shape index (κ2) is 7.73. The molecule has 0 saturated heterocycles. The van der Waals surface area contributed by atoms with Crippen molar-refractivity contribution in [1.29, 1.82) is 0 Å². The molecule has 0 aliphatic heterocycles. The van der Waals surface area contributed by atoms with Crippen LogP contribution in [0.2, 0.25) is 0 Å². The molecule has 18 heavy (non-hydrogen) atoms. The highest BCUT2D eigenvalue weighted by molar-refractivity contribution is 5.92. The number of rotatable bonds is 5. The van der Waals surface area contributed by atoms with Crippen LogP contribution in [0.4, 0.5) is 10.1 Å². The summed E-state index contributed by atoms with van der Waals surface area (Å²) >= 11 is 0. The number of halogens is 2. The number of nitrogens with two attached hydrogens (primary N) is 1. The minimum absolute atomic E-state index is 0. The zero-order chi connectivity index (χ0) is 12.8. The third-order valence-corrected chi connectivity index (χ3v) is 2.12. The number of nitrogens with one attached hydrogen (secondary N) is 1. The molecular formula is C11H16ClFN2O3. The fraction of sp³-hybridized carbons (Fsp3) is 0.364. The van der Waals surface area contributed by atoms with Gasteiger partial charge in [-0.15, -0.1) is 12.4 Å². The van der Waals surface area contributed by atoms with Crippen LogP contribution in [-0.2, 0) is 4.79 Å². The van der Waals surface area contributed by atoms with Crippen LogP contribution in [0, 0.1) is 5.82 Å². The molecule has 1 amide bonds. The summed E-state index contributed by atoms with van der Waals surface area (Å²) in [5.74, 6) is -0.487. The highest BCUT2D eigenvalue weighted by Gasteiger charge is 2.12. The number of anilines is 1. The Morgan fingerprint density at radius 2 is 1.94 bits per heavy atom. The van der Waals surface area contributed by atoms with E-state index < -0.39 is 5.82 Å². The van der Waals surface area contributed by atoms with E-state index in [9.17, 15) is 9.18 Å². The van der Waals surface area contributed by atoms with Crippen LogP contribution < -0.4 is 20.5 Å². The summed E-state index contributed by atoms with van der Waals surface area (Å²) < 4.78 is 23.3. The molecule has 102 valence electrons. The molecular weight excluding hydrogens is 263 g/mol. The average molecular weight is 279 g/mol. The molecule has 1 rings (SSSR count). The van der Waals surface area contributed by atoms with Gasteiger partial charge in [-0.2, -0.15) is 0 Å². The average Bonchev–Trinajstić information content (AvgIpc) is 2.29. The van der Waals surface area contributed by atoms with Crippen molar-refractivity contribution in [2.75, 3.05) is 26.1 Å². The molecule has 0 bridgehead atoms. The van der Waals surface area contributed by atoms with Gasteiger partial charge in [-0.3, -0.25) is 4.79 Å². The largest absolute Gasteiger partial charge is 0.494 e. The molecule has 5 nitrogen and oxygen atoms in total. The monoisotopic (exact) mass is 278 g/mol. The van der Waals surface area contributed by atoms with Gasteiger partial charge in [0.05, 0.1) is 19.9 Å². The fourth-order valence-corrected chi connectivity index (χ4v) is 1.30. The van der Waals surface area contributed by atoms with E-state index >= 15 is 0 Å². The highest BCUT2D eigenvalue weighted by Crippen LogP contribution is 2.31. The fourth-order valence-electron chi connectivity index (χ4n) is 1.30. The molecule has 7 heteroatoms. The molecule has 0 spiro atoms. The third kappa shape index (κ3) is 4.05. The SMILES string of the molecule is COc1cc(OC)c(NC(=O)CCN)cc1F.Cl. The van der Waals surface area contributed by atoms with E-state index in [1.165, 1.54) is 20.3 Å². The molecule has 1 aromatic rings. The Kier molecular flexibility index (Phi) is 7.07. The molecule has 0 radical (unpaired) electrons. The standard InChI is InChI=1S/C11H15FN2O3.ClH/c1-16-9-6-10(17-2)8(5-7(9)12)14-11(15)3-4-13;/h5-6H,3-4,13H2,1-2H3,(H,14,15);1H. The Hall–Kier alpha value is -1.53. The van der Waals surface area contributed by atoms with Gasteiger partial charge in [-0.05, 0) is 0 Å². The second-order valence-electron chi connectivity index (χ2n) is 3.27. The summed E-state index contributed by atoms with van der Waals surface area (Å²) in [5, 5.41) is 2.52. The van der Waals surface area contributed by atoms with Crippen molar-refractivity contribution < 1.29 is 18.7 Å². The Morgan fingerprint density at radius 1 is 1.33 bits per heavy atom. The number of carbonyl (C=O) groups is 1. The molecule has 0 heterocycles. The van der Waals surface area contributed by atoms with Crippen LogP contribution in [0.25, 0.3) is 0 Å². The minimum Gasteiger partial charge on any atom is -0.494 e. The number of carbonyl (C=O) groups excluding carboxylic acids is 1. The summed E-state index contributed by atoms with van der Waals surface area (Å²) in [6.07, 6.45) is 0.163. The van der Waals surface area contributed by atoms with Crippen LogP contribution >= 0.6 is 12.4 Å². The first-order valence-electron chi connectivity index (χ1n) is 5.03. The van der Waals surface area contributed by atoms with Crippen molar-refractivity contribution in [2.24, 2.45) is 5.73 Å². The molecule has 0 atom stereocenters. The Labute approximate surface area is 111 Å². The zero-order valence-electron chi connectivity index (χ0n) is 10.2. The maximum atomic E-state index is 13.4. The lowest BCUT2D eigenvalue weighted by Crippen LogP contribution is -2.16. The van der Waals surface area contributed by atoms with Crippen LogP contribution in [0.3, 0.4) is 0 Å². The van der Waals surface area contributed by atoms with E-state index in [1.807, 2.05) is 0 Å². The first kappa shape index (κ1) is 16.5. The van der Waals surface area contributed by atoms with Crippen LogP contribution in [-0.4, -0.2) is 26.7 Å². The summed E-state index contributed by atoms with van der Waals surface area (Å²) in [7, 11) is 2.77. The lowest BCUT2D eigenvalue weighted by Gasteiger charge is -2.12. The first-order valence-corrected chi connectivity index (χ1v) is 5.03. The van der Waals surface area contributed by atoms with Gasteiger partial charge in [0.15, 0.2) is 11.6 Å². The number of benzene rings is 1. The van der Waals surface area contributed by atoms with Gasteiger partial charge >= 0.3 is 0 Å². The molecule has 0 aliphatic carbocycles. The third-order valence-electron chi connectivity index (χ3n) is 2.12. The predicted octanol–water partition coefficient (Wildman–Crippen LogP) is 1.55. The van der Waals surface area contributed by atoms with E-state index in [0.717, 1.165) is 6.07 Å². The smallest absolute Gasteiger partial charge is 0.225 e. The lowest BCUT2D eigenvalue weighted by molar-refractivity contribution is -0.116. The lowest BCUT2D eigenvalue weighted by atomic mass is 10.2. The van der Waals surface area contributed by atoms with Crippen LogP contribution in [0.15, 0.2) is 12.1 Å². The summed E-state index contributed by atoms with van der Waals surface area (Å²) in [6.45, 7) is 0.229. The Balaban J connectivity index is 0.00000289. The Morgan fingerprint density at radius 3 is 2.44 bits per heavy atom. The number of hydrogen-bond donors (Lipinski definition) is 2. The topological polar surface area (TPSA) is 73.6 Å². The van der Waals surface area contributed by atoms with Gasteiger partial charge in [-0.25, -0.2) is 4.39 Å². The van der Waals surface area contributed by atoms with Gasteiger partial charge in [0.2, 0.25) is 5.91 Å². The van der Waals surface area contributed by atoms with Gasteiger partial charge in [0, 0.05) is 25.1 Å². The molecule has 0 aromatic heterocycles. The van der Waals surface area contributed by atoms with Gasteiger partial charge in [0.25, 0.3) is 0 Å². The molecule has 0 aliphatic rings. The van der Waals surface area contributed by atoms with Gasteiger partial charge in [0.1, 0.15) is 5.75 Å². The minimum atomic E-state index is -0.573. The molecule has 1 aromatic carbocycles. The number of methoxy groups -OCH3 is 2. The normalized spacial score (nSPS) is 9.33. The van der Waals surface area contributed by atoms with Crippen molar-refractivity contribution in [1.82, 2.24) is 0 Å².